The van der Waals surface area contributed by atoms with Gasteiger partial charge in [0.2, 0.25) is 5.91 Å². The van der Waals surface area contributed by atoms with Gasteiger partial charge in [0.05, 0.1) is 6.04 Å². The summed E-state index contributed by atoms with van der Waals surface area (Å²) in [6, 6.07) is 5.23. The molecule has 0 aliphatic carbocycles. The van der Waals surface area contributed by atoms with E-state index in [1.165, 1.54) is 0 Å². The third-order valence-electron chi connectivity index (χ3n) is 3.28. The maximum Gasteiger partial charge on any atom is 0.239 e. The molecular weight excluding hydrogens is 240 g/mol. The first-order chi connectivity index (χ1) is 8.99. The lowest BCUT2D eigenvalue weighted by atomic mass is 10.1. The first-order valence-corrected chi connectivity index (χ1v) is 6.80. The quantitative estimate of drug-likeness (QED) is 0.827. The molecular formula is C15H24N2O2. The molecule has 106 valence electrons. The molecule has 0 radical (unpaired) electrons. The van der Waals surface area contributed by atoms with E-state index < -0.39 is 0 Å². The zero-order chi connectivity index (χ0) is 14.4. The van der Waals surface area contributed by atoms with E-state index in [1.54, 1.807) is 11.0 Å². The molecule has 19 heavy (non-hydrogen) atoms. The van der Waals surface area contributed by atoms with E-state index in [9.17, 15) is 9.90 Å². The number of likely N-dealkylation sites (N-methyl/N-ethyl adjacent to an activating group) is 1. The molecule has 0 saturated heterocycles. The van der Waals surface area contributed by atoms with Crippen molar-refractivity contribution in [1.29, 1.82) is 0 Å². The van der Waals surface area contributed by atoms with Crippen molar-refractivity contribution in [3.05, 3.63) is 29.3 Å². The lowest BCUT2D eigenvalue weighted by Crippen LogP contribution is -2.44. The largest absolute Gasteiger partial charge is 0.508 e. The van der Waals surface area contributed by atoms with Crippen molar-refractivity contribution < 1.29 is 9.90 Å². The van der Waals surface area contributed by atoms with Gasteiger partial charge in [-0.05, 0) is 33.8 Å². The van der Waals surface area contributed by atoms with Crippen LogP contribution in [0.25, 0.3) is 0 Å². The highest BCUT2D eigenvalue weighted by atomic mass is 16.3. The standard InChI is InChI=1S/C15H24N2O2/c1-5-17(6-2)15(19)12(4)16-10-13-9-11(3)7-8-14(13)18/h7-9,12,16,18H,5-6,10H2,1-4H3. The molecule has 0 saturated carbocycles. The van der Waals surface area contributed by atoms with Gasteiger partial charge in [-0.25, -0.2) is 0 Å². The highest BCUT2D eigenvalue weighted by Crippen LogP contribution is 2.17. The molecule has 4 heteroatoms. The molecule has 0 aliphatic heterocycles. The number of hydrogen-bond acceptors (Lipinski definition) is 3. The maximum absolute atomic E-state index is 12.1. The van der Waals surface area contributed by atoms with Gasteiger partial charge in [0.1, 0.15) is 5.75 Å². The Morgan fingerprint density at radius 2 is 2.00 bits per heavy atom. The average molecular weight is 264 g/mol. The van der Waals surface area contributed by atoms with Crippen LogP contribution in [-0.4, -0.2) is 35.0 Å². The molecule has 1 rings (SSSR count). The first kappa shape index (κ1) is 15.5. The molecule has 0 aliphatic rings. The topological polar surface area (TPSA) is 52.6 Å². The van der Waals surface area contributed by atoms with E-state index in [0.717, 1.165) is 24.2 Å². The number of benzene rings is 1. The van der Waals surface area contributed by atoms with Gasteiger partial charge < -0.3 is 15.3 Å². The van der Waals surface area contributed by atoms with E-state index in [0.29, 0.717) is 6.54 Å². The third-order valence-corrected chi connectivity index (χ3v) is 3.28. The van der Waals surface area contributed by atoms with Gasteiger partial charge in [-0.2, -0.15) is 0 Å². The fourth-order valence-electron chi connectivity index (χ4n) is 2.02. The number of nitrogens with zero attached hydrogens (tertiary/aromatic N) is 1. The highest BCUT2D eigenvalue weighted by Gasteiger charge is 2.17. The predicted molar refractivity (Wildman–Crippen MR) is 77.1 cm³/mol. The second kappa shape index (κ2) is 7.14. The zero-order valence-corrected chi connectivity index (χ0v) is 12.2. The molecule has 0 heterocycles. The van der Waals surface area contributed by atoms with Crippen molar-refractivity contribution in [1.82, 2.24) is 10.2 Å². The van der Waals surface area contributed by atoms with Crippen LogP contribution in [-0.2, 0) is 11.3 Å². The second-order valence-electron chi connectivity index (χ2n) is 4.75. The number of carbonyl (C=O) groups is 1. The number of aromatic hydroxyl groups is 1. The van der Waals surface area contributed by atoms with Crippen LogP contribution in [0.5, 0.6) is 5.75 Å². The summed E-state index contributed by atoms with van der Waals surface area (Å²) in [6.45, 7) is 9.71. The Morgan fingerprint density at radius 1 is 1.37 bits per heavy atom. The van der Waals surface area contributed by atoms with Crippen molar-refractivity contribution in [2.24, 2.45) is 0 Å². The van der Waals surface area contributed by atoms with Crippen molar-refractivity contribution in [3.63, 3.8) is 0 Å². The van der Waals surface area contributed by atoms with Gasteiger partial charge >= 0.3 is 0 Å². The molecule has 1 aromatic carbocycles. The molecule has 1 amide bonds. The minimum Gasteiger partial charge on any atom is -0.508 e. The summed E-state index contributed by atoms with van der Waals surface area (Å²) in [4.78, 5) is 13.9. The van der Waals surface area contributed by atoms with Gasteiger partial charge in [-0.15, -0.1) is 0 Å². The second-order valence-corrected chi connectivity index (χ2v) is 4.75. The number of hydrogen-bond donors (Lipinski definition) is 2. The third kappa shape index (κ3) is 4.24. The Balaban J connectivity index is 2.61. The van der Waals surface area contributed by atoms with Gasteiger partial charge in [0, 0.05) is 25.2 Å². The van der Waals surface area contributed by atoms with Gasteiger partial charge in [-0.1, -0.05) is 17.7 Å². The summed E-state index contributed by atoms with van der Waals surface area (Å²) >= 11 is 0. The predicted octanol–water partition coefficient (Wildman–Crippen LogP) is 2.05. The molecule has 0 spiro atoms. The number of nitrogens with one attached hydrogen (secondary N) is 1. The smallest absolute Gasteiger partial charge is 0.239 e. The molecule has 0 aromatic heterocycles. The normalized spacial score (nSPS) is 12.2. The maximum atomic E-state index is 12.1. The number of phenolic OH excluding ortho intramolecular Hbond substituents is 1. The Bertz CT molecular complexity index is 428. The van der Waals surface area contributed by atoms with Crippen molar-refractivity contribution >= 4 is 5.91 Å². The van der Waals surface area contributed by atoms with Crippen LogP contribution < -0.4 is 5.32 Å². The van der Waals surface area contributed by atoms with E-state index in [2.05, 4.69) is 5.32 Å². The lowest BCUT2D eigenvalue weighted by Gasteiger charge is -2.23. The molecule has 1 unspecified atom stereocenters. The van der Waals surface area contributed by atoms with Crippen molar-refractivity contribution in [2.75, 3.05) is 13.1 Å². The van der Waals surface area contributed by atoms with Gasteiger partial charge in [0.25, 0.3) is 0 Å². The summed E-state index contributed by atoms with van der Waals surface area (Å²) in [6.07, 6.45) is 0. The first-order valence-electron chi connectivity index (χ1n) is 6.80. The Hall–Kier alpha value is -1.55. The molecule has 2 N–H and O–H groups in total. The minimum absolute atomic E-state index is 0.0946. The molecule has 4 nitrogen and oxygen atoms in total. The number of rotatable bonds is 6. The molecule has 1 atom stereocenters. The monoisotopic (exact) mass is 264 g/mol. The molecule has 0 fully saturated rings. The summed E-state index contributed by atoms with van der Waals surface area (Å²) in [5, 5.41) is 12.9. The number of phenols is 1. The van der Waals surface area contributed by atoms with Gasteiger partial charge in [-0.3, -0.25) is 4.79 Å². The summed E-state index contributed by atoms with van der Waals surface area (Å²) in [5.41, 5.74) is 1.91. The number of aryl methyl sites for hydroxylation is 1. The van der Waals surface area contributed by atoms with Crippen molar-refractivity contribution in [2.45, 2.75) is 40.3 Å². The number of carbonyl (C=O) groups excluding carboxylic acids is 1. The Morgan fingerprint density at radius 3 is 2.58 bits per heavy atom. The van der Waals surface area contributed by atoms with Crippen LogP contribution in [0.2, 0.25) is 0 Å². The Kier molecular flexibility index (Phi) is 5.83. The summed E-state index contributed by atoms with van der Waals surface area (Å²) < 4.78 is 0. The SMILES string of the molecule is CCN(CC)C(=O)C(C)NCc1cc(C)ccc1O. The summed E-state index contributed by atoms with van der Waals surface area (Å²) in [7, 11) is 0. The van der Waals surface area contributed by atoms with Crippen LogP contribution in [0.4, 0.5) is 0 Å². The van der Waals surface area contributed by atoms with Crippen molar-refractivity contribution in [3.8, 4) is 5.75 Å². The fourth-order valence-corrected chi connectivity index (χ4v) is 2.02. The summed E-state index contributed by atoms with van der Waals surface area (Å²) in [5.74, 6) is 0.359. The zero-order valence-electron chi connectivity index (χ0n) is 12.2. The van der Waals surface area contributed by atoms with E-state index in [-0.39, 0.29) is 17.7 Å². The van der Waals surface area contributed by atoms with Crippen LogP contribution in [0.15, 0.2) is 18.2 Å². The van der Waals surface area contributed by atoms with Gasteiger partial charge in [0.15, 0.2) is 0 Å². The minimum atomic E-state index is -0.250. The van der Waals surface area contributed by atoms with Crippen LogP contribution in [0, 0.1) is 6.92 Å². The van der Waals surface area contributed by atoms with E-state index >= 15 is 0 Å². The van der Waals surface area contributed by atoms with Crippen LogP contribution in [0.1, 0.15) is 31.9 Å². The van der Waals surface area contributed by atoms with Crippen LogP contribution in [0.3, 0.4) is 0 Å². The highest BCUT2D eigenvalue weighted by molar-refractivity contribution is 5.81. The van der Waals surface area contributed by atoms with E-state index in [1.807, 2.05) is 39.8 Å². The Labute approximate surface area is 115 Å². The fraction of sp³-hybridized carbons (Fsp3) is 0.533. The van der Waals surface area contributed by atoms with Crippen LogP contribution >= 0.6 is 0 Å². The number of amides is 1. The average Bonchev–Trinajstić information content (AvgIpc) is 2.40. The molecule has 0 bridgehead atoms. The lowest BCUT2D eigenvalue weighted by molar-refractivity contribution is -0.132. The molecule has 1 aromatic rings. The van der Waals surface area contributed by atoms with E-state index in [4.69, 9.17) is 0 Å².